The molecule has 0 saturated heterocycles. The largest absolute Gasteiger partial charge is 0.502 e. The van der Waals surface area contributed by atoms with Crippen LogP contribution in [0.4, 0.5) is 11.4 Å². The highest BCUT2D eigenvalue weighted by Gasteiger charge is 2.17. The molecule has 0 aliphatic carbocycles. The van der Waals surface area contributed by atoms with Crippen molar-refractivity contribution in [2.75, 3.05) is 5.32 Å². The Bertz CT molecular complexity index is 896. The lowest BCUT2D eigenvalue weighted by Gasteiger charge is -2.04. The van der Waals surface area contributed by atoms with Crippen LogP contribution in [0.2, 0.25) is 0 Å². The van der Waals surface area contributed by atoms with E-state index in [0.717, 1.165) is 12.3 Å². The second kappa shape index (κ2) is 8.21. The minimum Gasteiger partial charge on any atom is -0.502 e. The third-order valence-electron chi connectivity index (χ3n) is 3.12. The van der Waals surface area contributed by atoms with Gasteiger partial charge in [0.1, 0.15) is 0 Å². The summed E-state index contributed by atoms with van der Waals surface area (Å²) in [7, 11) is 0. The van der Waals surface area contributed by atoms with Crippen molar-refractivity contribution in [3.63, 3.8) is 0 Å². The number of hydrogen-bond acceptors (Lipinski definition) is 6. The number of anilines is 1. The van der Waals surface area contributed by atoms with Crippen molar-refractivity contribution >= 4 is 45.3 Å². The van der Waals surface area contributed by atoms with Gasteiger partial charge in [-0.05, 0) is 30.3 Å². The molecule has 0 aliphatic rings. The third-order valence-corrected chi connectivity index (χ3v) is 3.58. The molecule has 9 nitrogen and oxygen atoms in total. The molecule has 0 spiro atoms. The maximum atomic E-state index is 12.0. The predicted octanol–water partition coefficient (Wildman–Crippen LogP) is 2.79. The van der Waals surface area contributed by atoms with Gasteiger partial charge < -0.3 is 10.4 Å². The van der Waals surface area contributed by atoms with Crippen molar-refractivity contribution in [1.82, 2.24) is 5.43 Å². The summed E-state index contributed by atoms with van der Waals surface area (Å²) in [6, 6.07) is 8.68. The average molecular weight is 421 g/mol. The zero-order chi connectivity index (χ0) is 19.3. The molecule has 0 radical (unpaired) electrons. The van der Waals surface area contributed by atoms with E-state index in [0.29, 0.717) is 15.7 Å². The molecule has 3 N–H and O–H groups in total. The van der Waals surface area contributed by atoms with E-state index >= 15 is 0 Å². The average Bonchev–Trinajstić information content (AvgIpc) is 2.57. The topological polar surface area (TPSA) is 134 Å². The van der Waals surface area contributed by atoms with Crippen molar-refractivity contribution in [2.45, 2.75) is 6.92 Å². The smallest absolute Gasteiger partial charge is 0.312 e. The number of phenolic OH excluding ortho intramolecular Hbond substituents is 1. The minimum atomic E-state index is -0.730. The summed E-state index contributed by atoms with van der Waals surface area (Å²) in [4.78, 5) is 33.1. The van der Waals surface area contributed by atoms with E-state index in [2.05, 4.69) is 31.8 Å². The number of halogens is 1. The molecular formula is C16H13BrN4O5. The molecule has 0 aliphatic heterocycles. The molecule has 10 heteroatoms. The number of amides is 2. The summed E-state index contributed by atoms with van der Waals surface area (Å²) in [6.07, 6.45) is 1.09. The van der Waals surface area contributed by atoms with Gasteiger partial charge in [-0.25, -0.2) is 5.43 Å². The normalized spacial score (nSPS) is 10.5. The van der Waals surface area contributed by atoms with Crippen molar-refractivity contribution in [2.24, 2.45) is 5.10 Å². The number of phenols is 1. The molecule has 0 saturated carbocycles. The van der Waals surface area contributed by atoms with E-state index in [1.807, 2.05) is 0 Å². The second-order valence-corrected chi connectivity index (χ2v) is 5.99. The Morgan fingerprint density at radius 3 is 2.50 bits per heavy atom. The molecular weight excluding hydrogens is 408 g/mol. The highest BCUT2D eigenvalue weighted by molar-refractivity contribution is 9.10. The summed E-state index contributed by atoms with van der Waals surface area (Å²) >= 11 is 3.10. The SMILES string of the molecule is CC(=O)Nc1ccc(C(=O)N/N=C/c2cc(Br)cc([N+](=O)[O-])c2O)cc1. The minimum absolute atomic E-state index is 0.0624. The lowest BCUT2D eigenvalue weighted by atomic mass is 10.2. The Morgan fingerprint density at radius 2 is 1.92 bits per heavy atom. The maximum absolute atomic E-state index is 12.0. The molecule has 26 heavy (non-hydrogen) atoms. The van der Waals surface area contributed by atoms with Crippen LogP contribution in [-0.4, -0.2) is 28.1 Å². The Balaban J connectivity index is 2.10. The predicted molar refractivity (Wildman–Crippen MR) is 98.3 cm³/mol. The number of carbonyl (C=O) groups is 2. The number of nitro groups is 1. The summed E-state index contributed by atoms with van der Waals surface area (Å²) in [5.41, 5.74) is 2.66. The lowest BCUT2D eigenvalue weighted by molar-refractivity contribution is -0.385. The quantitative estimate of drug-likeness (QED) is 0.388. The fourth-order valence-corrected chi connectivity index (χ4v) is 2.44. The number of nitrogens with one attached hydrogen (secondary N) is 2. The lowest BCUT2D eigenvalue weighted by Crippen LogP contribution is -2.17. The molecule has 2 amide bonds. The van der Waals surface area contributed by atoms with Crippen LogP contribution < -0.4 is 10.7 Å². The zero-order valence-corrected chi connectivity index (χ0v) is 15.0. The van der Waals surface area contributed by atoms with Gasteiger partial charge in [-0.1, -0.05) is 15.9 Å². The highest BCUT2D eigenvalue weighted by Crippen LogP contribution is 2.32. The summed E-state index contributed by atoms with van der Waals surface area (Å²) in [5.74, 6) is -1.31. The van der Waals surface area contributed by atoms with Crippen LogP contribution in [0.5, 0.6) is 5.75 Å². The zero-order valence-electron chi connectivity index (χ0n) is 13.4. The van der Waals surface area contributed by atoms with Crippen LogP contribution in [0.25, 0.3) is 0 Å². The van der Waals surface area contributed by atoms with Crippen molar-refractivity contribution < 1.29 is 19.6 Å². The number of nitrogens with zero attached hydrogens (tertiary/aromatic N) is 2. The van der Waals surface area contributed by atoms with Crippen LogP contribution in [0.1, 0.15) is 22.8 Å². The van der Waals surface area contributed by atoms with Crippen LogP contribution in [0.15, 0.2) is 46.0 Å². The van der Waals surface area contributed by atoms with E-state index in [9.17, 15) is 24.8 Å². The number of hydrazone groups is 1. The molecule has 0 atom stereocenters. The number of aromatic hydroxyl groups is 1. The van der Waals surface area contributed by atoms with E-state index in [-0.39, 0.29) is 11.5 Å². The third kappa shape index (κ3) is 4.86. The molecule has 0 unspecified atom stereocenters. The molecule has 0 heterocycles. The van der Waals surface area contributed by atoms with Gasteiger partial charge in [-0.3, -0.25) is 19.7 Å². The number of rotatable bonds is 5. The van der Waals surface area contributed by atoms with E-state index in [4.69, 9.17) is 0 Å². The van der Waals surface area contributed by atoms with Gasteiger partial charge in [0.15, 0.2) is 0 Å². The Hall–Kier alpha value is -3.27. The van der Waals surface area contributed by atoms with Gasteiger partial charge >= 0.3 is 5.69 Å². The van der Waals surface area contributed by atoms with Crippen molar-refractivity contribution in [3.8, 4) is 5.75 Å². The van der Waals surface area contributed by atoms with Crippen molar-refractivity contribution in [1.29, 1.82) is 0 Å². The molecule has 0 fully saturated rings. The summed E-state index contributed by atoms with van der Waals surface area (Å²) in [5, 5.41) is 27.0. The number of benzene rings is 2. The van der Waals surface area contributed by atoms with E-state index < -0.39 is 22.3 Å². The monoisotopic (exact) mass is 420 g/mol. The molecule has 0 aromatic heterocycles. The van der Waals surface area contributed by atoms with Gasteiger partial charge in [0.25, 0.3) is 5.91 Å². The molecule has 134 valence electrons. The van der Waals surface area contributed by atoms with Gasteiger partial charge in [-0.15, -0.1) is 0 Å². The fourth-order valence-electron chi connectivity index (χ4n) is 1.98. The van der Waals surface area contributed by atoms with Crippen LogP contribution in [0.3, 0.4) is 0 Å². The van der Waals surface area contributed by atoms with Crippen LogP contribution in [-0.2, 0) is 4.79 Å². The van der Waals surface area contributed by atoms with Gasteiger partial charge in [0.05, 0.1) is 11.1 Å². The molecule has 2 rings (SSSR count). The second-order valence-electron chi connectivity index (χ2n) is 5.08. The standard InChI is InChI=1S/C16H13BrN4O5/c1-9(22)19-13-4-2-10(3-5-13)16(24)20-18-8-11-6-12(17)7-14(15(11)23)21(25)26/h2-8,23H,1H3,(H,19,22)(H,20,24)/b18-8+. The first-order valence-corrected chi connectivity index (χ1v) is 7.95. The van der Waals surface area contributed by atoms with Gasteiger partial charge in [0, 0.05) is 34.3 Å². The molecule has 2 aromatic carbocycles. The van der Waals surface area contributed by atoms with Crippen LogP contribution in [0, 0.1) is 10.1 Å². The first kappa shape index (κ1) is 19.1. The number of nitro benzene ring substituents is 1. The Morgan fingerprint density at radius 1 is 1.27 bits per heavy atom. The molecule has 0 bridgehead atoms. The maximum Gasteiger partial charge on any atom is 0.312 e. The Kier molecular flexibility index (Phi) is 6.02. The highest BCUT2D eigenvalue weighted by atomic mass is 79.9. The summed E-state index contributed by atoms with van der Waals surface area (Å²) < 4.78 is 0.378. The first-order chi connectivity index (χ1) is 12.3. The van der Waals surface area contributed by atoms with Gasteiger partial charge in [0.2, 0.25) is 11.7 Å². The summed E-state index contributed by atoms with van der Waals surface area (Å²) in [6.45, 7) is 1.37. The Labute approximate surface area is 156 Å². The fraction of sp³-hybridized carbons (Fsp3) is 0.0625. The van der Waals surface area contributed by atoms with Crippen LogP contribution >= 0.6 is 15.9 Å². The van der Waals surface area contributed by atoms with E-state index in [1.165, 1.54) is 25.1 Å². The van der Waals surface area contributed by atoms with Crippen molar-refractivity contribution in [3.05, 3.63) is 62.1 Å². The first-order valence-electron chi connectivity index (χ1n) is 7.16. The molecule has 2 aromatic rings. The number of carbonyl (C=O) groups excluding carboxylic acids is 2. The van der Waals surface area contributed by atoms with E-state index in [1.54, 1.807) is 12.1 Å². The number of hydrogen-bond donors (Lipinski definition) is 3. The van der Waals surface area contributed by atoms with Gasteiger partial charge in [-0.2, -0.15) is 5.10 Å².